The Morgan fingerprint density at radius 3 is 2.24 bits per heavy atom. The van der Waals surface area contributed by atoms with Crippen LogP contribution in [0.5, 0.6) is 0 Å². The Morgan fingerprint density at radius 1 is 1.06 bits per heavy atom. The van der Waals surface area contributed by atoms with Crippen LogP contribution in [0.3, 0.4) is 0 Å². The van der Waals surface area contributed by atoms with E-state index in [0.717, 1.165) is 37.8 Å². The van der Waals surface area contributed by atoms with Crippen molar-refractivity contribution in [2.45, 2.75) is 44.4 Å². The second-order valence-electron chi connectivity index (χ2n) is 5.01. The molecule has 1 aromatic rings. The fourth-order valence-electron chi connectivity index (χ4n) is 2.41. The zero-order valence-electron chi connectivity index (χ0n) is 10.2. The molecule has 1 fully saturated rings. The highest BCUT2D eigenvalue weighted by molar-refractivity contribution is 5.21. The van der Waals surface area contributed by atoms with Gasteiger partial charge in [-0.25, -0.2) is 0 Å². The van der Waals surface area contributed by atoms with E-state index in [1.54, 1.807) is 0 Å². The van der Waals surface area contributed by atoms with Crippen LogP contribution < -0.4 is 5.32 Å². The molecule has 3 heteroatoms. The van der Waals surface area contributed by atoms with E-state index in [1.165, 1.54) is 5.56 Å². The highest BCUT2D eigenvalue weighted by Gasteiger charge is 2.30. The maximum atomic E-state index is 10.2. The summed E-state index contributed by atoms with van der Waals surface area (Å²) in [5.74, 6) is 0. The molecule has 3 nitrogen and oxygen atoms in total. The average Bonchev–Trinajstić information content (AvgIpc) is 2.77. The minimum absolute atomic E-state index is 0.0907. The molecule has 1 aliphatic carbocycles. The quantitative estimate of drug-likeness (QED) is 0.726. The van der Waals surface area contributed by atoms with Gasteiger partial charge in [0.25, 0.3) is 0 Å². The molecule has 0 saturated heterocycles. The minimum atomic E-state index is -0.481. The van der Waals surface area contributed by atoms with Gasteiger partial charge in [0.1, 0.15) is 0 Å². The fourth-order valence-corrected chi connectivity index (χ4v) is 2.41. The Labute approximate surface area is 102 Å². The molecule has 2 rings (SSSR count). The highest BCUT2D eigenvalue weighted by atomic mass is 16.3. The number of rotatable bonds is 5. The molecule has 1 aliphatic rings. The van der Waals surface area contributed by atoms with Crippen LogP contribution in [0.1, 0.15) is 36.8 Å². The summed E-state index contributed by atoms with van der Waals surface area (Å²) in [4.78, 5) is 0. The molecular formula is C14H21NO2. The molecule has 0 unspecified atom stereocenters. The van der Waals surface area contributed by atoms with E-state index in [4.69, 9.17) is 5.11 Å². The van der Waals surface area contributed by atoms with Crippen molar-refractivity contribution in [3.8, 4) is 0 Å². The van der Waals surface area contributed by atoms with Gasteiger partial charge >= 0.3 is 0 Å². The van der Waals surface area contributed by atoms with E-state index >= 15 is 0 Å². The van der Waals surface area contributed by atoms with Crippen LogP contribution in [-0.2, 0) is 13.2 Å². The van der Waals surface area contributed by atoms with Gasteiger partial charge in [-0.2, -0.15) is 0 Å². The molecular weight excluding hydrogens is 214 g/mol. The summed E-state index contributed by atoms with van der Waals surface area (Å²) in [6, 6.07) is 7.89. The Bertz CT molecular complexity index is 342. The maximum Gasteiger partial charge on any atom is 0.0771 e. The molecule has 94 valence electrons. The largest absolute Gasteiger partial charge is 0.392 e. The smallest absolute Gasteiger partial charge is 0.0771 e. The molecule has 0 radical (unpaired) electrons. The summed E-state index contributed by atoms with van der Waals surface area (Å²) >= 11 is 0. The van der Waals surface area contributed by atoms with Crippen molar-refractivity contribution in [3.63, 3.8) is 0 Å². The van der Waals surface area contributed by atoms with Crippen molar-refractivity contribution in [1.29, 1.82) is 0 Å². The third-order valence-electron chi connectivity index (χ3n) is 3.52. The molecule has 1 aromatic carbocycles. The normalized spacial score (nSPS) is 18.5. The third-order valence-corrected chi connectivity index (χ3v) is 3.52. The van der Waals surface area contributed by atoms with Gasteiger partial charge in [-0.3, -0.25) is 0 Å². The lowest BCUT2D eigenvalue weighted by molar-refractivity contribution is 0.0475. The van der Waals surface area contributed by atoms with Gasteiger partial charge in [-0.1, -0.05) is 37.1 Å². The SMILES string of the molecule is OCc1ccc(CNCC2(O)CCCC2)cc1. The van der Waals surface area contributed by atoms with Crippen LogP contribution in [0, 0.1) is 0 Å². The first-order chi connectivity index (χ1) is 8.22. The zero-order chi connectivity index (χ0) is 12.1. The van der Waals surface area contributed by atoms with Crippen molar-refractivity contribution >= 4 is 0 Å². The molecule has 0 bridgehead atoms. The number of hydrogen-bond acceptors (Lipinski definition) is 3. The third kappa shape index (κ3) is 3.53. The van der Waals surface area contributed by atoms with Crippen molar-refractivity contribution in [1.82, 2.24) is 5.32 Å². The predicted octanol–water partition coefficient (Wildman–Crippen LogP) is 1.57. The lowest BCUT2D eigenvalue weighted by Gasteiger charge is -2.22. The molecule has 0 aliphatic heterocycles. The lowest BCUT2D eigenvalue weighted by Crippen LogP contribution is -2.37. The number of benzene rings is 1. The molecule has 17 heavy (non-hydrogen) atoms. The van der Waals surface area contributed by atoms with Gasteiger partial charge in [-0.05, 0) is 24.0 Å². The lowest BCUT2D eigenvalue weighted by atomic mass is 10.0. The molecule has 0 aromatic heterocycles. The van der Waals surface area contributed by atoms with E-state index in [1.807, 2.05) is 24.3 Å². The molecule has 0 heterocycles. The second kappa shape index (κ2) is 5.63. The average molecular weight is 235 g/mol. The fraction of sp³-hybridized carbons (Fsp3) is 0.571. The van der Waals surface area contributed by atoms with E-state index < -0.39 is 5.60 Å². The van der Waals surface area contributed by atoms with Crippen LogP contribution in [-0.4, -0.2) is 22.4 Å². The Morgan fingerprint density at radius 2 is 1.65 bits per heavy atom. The number of nitrogens with one attached hydrogen (secondary N) is 1. The van der Waals surface area contributed by atoms with Crippen molar-refractivity contribution in [2.24, 2.45) is 0 Å². The molecule has 3 N–H and O–H groups in total. The van der Waals surface area contributed by atoms with Crippen LogP contribution in [0.4, 0.5) is 0 Å². The summed E-state index contributed by atoms with van der Waals surface area (Å²) in [7, 11) is 0. The van der Waals surface area contributed by atoms with Crippen LogP contribution in [0.25, 0.3) is 0 Å². The summed E-state index contributed by atoms with van der Waals surface area (Å²) < 4.78 is 0. The van der Waals surface area contributed by atoms with Crippen LogP contribution >= 0.6 is 0 Å². The Balaban J connectivity index is 1.77. The topological polar surface area (TPSA) is 52.5 Å². The standard InChI is InChI=1S/C14H21NO2/c16-10-13-5-3-12(4-6-13)9-15-11-14(17)7-1-2-8-14/h3-6,15-17H,1-2,7-11H2. The molecule has 1 saturated carbocycles. The van der Waals surface area contributed by atoms with E-state index in [0.29, 0.717) is 6.54 Å². The first kappa shape index (κ1) is 12.6. The maximum absolute atomic E-state index is 10.2. The number of aliphatic hydroxyl groups excluding tert-OH is 1. The van der Waals surface area contributed by atoms with Gasteiger partial charge in [0, 0.05) is 13.1 Å². The summed E-state index contributed by atoms with van der Waals surface area (Å²) in [5.41, 5.74) is 1.64. The van der Waals surface area contributed by atoms with Gasteiger partial charge < -0.3 is 15.5 Å². The van der Waals surface area contributed by atoms with Crippen LogP contribution in [0.15, 0.2) is 24.3 Å². The first-order valence-electron chi connectivity index (χ1n) is 6.34. The molecule has 0 atom stereocenters. The summed E-state index contributed by atoms with van der Waals surface area (Å²) in [6.07, 6.45) is 4.12. The van der Waals surface area contributed by atoms with Gasteiger partial charge in [0.15, 0.2) is 0 Å². The van der Waals surface area contributed by atoms with Crippen molar-refractivity contribution in [2.75, 3.05) is 6.54 Å². The zero-order valence-corrected chi connectivity index (χ0v) is 10.2. The van der Waals surface area contributed by atoms with E-state index in [9.17, 15) is 5.11 Å². The predicted molar refractivity (Wildman–Crippen MR) is 67.5 cm³/mol. The first-order valence-corrected chi connectivity index (χ1v) is 6.34. The van der Waals surface area contributed by atoms with E-state index in [-0.39, 0.29) is 6.61 Å². The Hall–Kier alpha value is -0.900. The summed E-state index contributed by atoms with van der Waals surface area (Å²) in [6.45, 7) is 1.54. The molecule has 0 spiro atoms. The van der Waals surface area contributed by atoms with Crippen LogP contribution in [0.2, 0.25) is 0 Å². The summed E-state index contributed by atoms with van der Waals surface area (Å²) in [5, 5.41) is 22.4. The molecule has 0 amide bonds. The number of aliphatic hydroxyl groups is 2. The monoisotopic (exact) mass is 235 g/mol. The second-order valence-corrected chi connectivity index (χ2v) is 5.01. The van der Waals surface area contributed by atoms with E-state index in [2.05, 4.69) is 5.32 Å². The highest BCUT2D eigenvalue weighted by Crippen LogP contribution is 2.28. The minimum Gasteiger partial charge on any atom is -0.392 e. The van der Waals surface area contributed by atoms with Gasteiger partial charge in [0.2, 0.25) is 0 Å². The number of hydrogen-bond donors (Lipinski definition) is 3. The van der Waals surface area contributed by atoms with Crippen molar-refractivity contribution in [3.05, 3.63) is 35.4 Å². The van der Waals surface area contributed by atoms with Gasteiger partial charge in [0.05, 0.1) is 12.2 Å². The van der Waals surface area contributed by atoms with Gasteiger partial charge in [-0.15, -0.1) is 0 Å². The van der Waals surface area contributed by atoms with Crippen molar-refractivity contribution < 1.29 is 10.2 Å². The Kier molecular flexibility index (Phi) is 4.15.